The number of aliphatic hydroxyl groups is 1. The van der Waals surface area contributed by atoms with Crippen molar-refractivity contribution in [2.24, 2.45) is 5.92 Å². The Morgan fingerprint density at radius 3 is 3.10 bits per heavy atom. The number of nitriles is 1. The lowest BCUT2D eigenvalue weighted by atomic mass is 9.87. The summed E-state index contributed by atoms with van der Waals surface area (Å²) in [6.45, 7) is 0.610. The first-order valence-corrected chi connectivity index (χ1v) is 7.31. The number of carbonyl (C=O) groups excluding carboxylic acids is 1. The van der Waals surface area contributed by atoms with Crippen LogP contribution in [0.5, 0.6) is 0 Å². The third-order valence-electron chi connectivity index (χ3n) is 3.76. The number of hydrogen-bond donors (Lipinski definition) is 2. The molecular weight excluding hydrogens is 264 g/mol. The summed E-state index contributed by atoms with van der Waals surface area (Å²) in [5.41, 5.74) is 1.41. The second-order valence-corrected chi connectivity index (χ2v) is 5.50. The third kappa shape index (κ3) is 5.05. The van der Waals surface area contributed by atoms with Gasteiger partial charge in [-0.25, -0.2) is 0 Å². The van der Waals surface area contributed by atoms with Crippen molar-refractivity contribution in [3.8, 4) is 6.07 Å². The van der Waals surface area contributed by atoms with Crippen molar-refractivity contribution in [2.45, 2.75) is 31.8 Å². The van der Waals surface area contributed by atoms with E-state index in [1.165, 1.54) is 6.08 Å². The van der Waals surface area contributed by atoms with Gasteiger partial charge < -0.3 is 10.4 Å². The maximum absolute atomic E-state index is 11.8. The number of benzene rings is 1. The van der Waals surface area contributed by atoms with Crippen LogP contribution in [0.25, 0.3) is 6.08 Å². The summed E-state index contributed by atoms with van der Waals surface area (Å²) >= 11 is 0. The average molecular weight is 284 g/mol. The highest BCUT2D eigenvalue weighted by Crippen LogP contribution is 2.23. The van der Waals surface area contributed by atoms with E-state index in [-0.39, 0.29) is 12.0 Å². The van der Waals surface area contributed by atoms with E-state index in [1.807, 2.05) is 6.07 Å². The van der Waals surface area contributed by atoms with Gasteiger partial charge in [-0.3, -0.25) is 4.79 Å². The van der Waals surface area contributed by atoms with Crippen LogP contribution in [0, 0.1) is 17.2 Å². The molecule has 0 radical (unpaired) electrons. The Morgan fingerprint density at radius 2 is 2.33 bits per heavy atom. The summed E-state index contributed by atoms with van der Waals surface area (Å²) in [5, 5.41) is 21.3. The zero-order valence-electron chi connectivity index (χ0n) is 12.0. The van der Waals surface area contributed by atoms with Crippen LogP contribution in [0.1, 0.15) is 36.8 Å². The smallest absolute Gasteiger partial charge is 0.244 e. The fraction of sp³-hybridized carbons (Fsp3) is 0.412. The molecule has 0 aliphatic heterocycles. The van der Waals surface area contributed by atoms with Crippen molar-refractivity contribution in [3.05, 3.63) is 41.5 Å². The molecule has 2 unspecified atom stereocenters. The van der Waals surface area contributed by atoms with Crippen molar-refractivity contribution in [1.29, 1.82) is 5.26 Å². The van der Waals surface area contributed by atoms with E-state index in [9.17, 15) is 9.90 Å². The fourth-order valence-corrected chi connectivity index (χ4v) is 2.64. The molecule has 4 heteroatoms. The van der Waals surface area contributed by atoms with E-state index >= 15 is 0 Å². The largest absolute Gasteiger partial charge is 0.393 e. The zero-order valence-corrected chi connectivity index (χ0v) is 12.0. The molecule has 0 bridgehead atoms. The normalized spacial score (nSPS) is 21.9. The van der Waals surface area contributed by atoms with Crippen LogP contribution in [0.2, 0.25) is 0 Å². The molecule has 1 amide bonds. The van der Waals surface area contributed by atoms with Gasteiger partial charge in [0.05, 0.1) is 17.7 Å². The lowest BCUT2D eigenvalue weighted by molar-refractivity contribution is -0.116. The predicted octanol–water partition coefficient (Wildman–Crippen LogP) is 2.24. The second-order valence-electron chi connectivity index (χ2n) is 5.50. The first-order chi connectivity index (χ1) is 10.2. The lowest BCUT2D eigenvalue weighted by Crippen LogP contribution is -2.32. The molecule has 1 fully saturated rings. The second kappa shape index (κ2) is 7.61. The van der Waals surface area contributed by atoms with Gasteiger partial charge in [0.1, 0.15) is 0 Å². The summed E-state index contributed by atoms with van der Waals surface area (Å²) in [6.07, 6.45) is 6.70. The molecule has 110 valence electrons. The summed E-state index contributed by atoms with van der Waals surface area (Å²) in [4.78, 5) is 11.8. The molecule has 2 atom stereocenters. The van der Waals surface area contributed by atoms with Gasteiger partial charge in [0.2, 0.25) is 5.91 Å². The van der Waals surface area contributed by atoms with Gasteiger partial charge >= 0.3 is 0 Å². The monoisotopic (exact) mass is 284 g/mol. The van der Waals surface area contributed by atoms with Crippen molar-refractivity contribution in [2.75, 3.05) is 6.54 Å². The number of nitrogens with zero attached hydrogens (tertiary/aromatic N) is 1. The molecule has 2 N–H and O–H groups in total. The molecule has 0 heterocycles. The maximum atomic E-state index is 11.8. The van der Waals surface area contributed by atoms with Crippen LogP contribution in [0.3, 0.4) is 0 Å². The third-order valence-corrected chi connectivity index (χ3v) is 3.76. The molecule has 1 saturated carbocycles. The van der Waals surface area contributed by atoms with E-state index < -0.39 is 0 Å². The van der Waals surface area contributed by atoms with Crippen molar-refractivity contribution >= 4 is 12.0 Å². The molecular formula is C17H20N2O2. The van der Waals surface area contributed by atoms with Crippen molar-refractivity contribution < 1.29 is 9.90 Å². The number of carbonyl (C=O) groups is 1. The molecule has 2 rings (SSSR count). The first kappa shape index (κ1) is 15.3. The Kier molecular flexibility index (Phi) is 5.53. The Bertz CT molecular complexity index is 560. The molecule has 1 aliphatic rings. The molecule has 0 aromatic heterocycles. The van der Waals surface area contributed by atoms with Crippen LogP contribution in [0.15, 0.2) is 30.3 Å². The topological polar surface area (TPSA) is 73.1 Å². The van der Waals surface area contributed by atoms with E-state index in [0.29, 0.717) is 18.0 Å². The summed E-state index contributed by atoms with van der Waals surface area (Å²) < 4.78 is 0. The van der Waals surface area contributed by atoms with E-state index in [2.05, 4.69) is 11.4 Å². The minimum absolute atomic E-state index is 0.141. The van der Waals surface area contributed by atoms with Crippen LogP contribution in [-0.2, 0) is 4.79 Å². The minimum Gasteiger partial charge on any atom is -0.393 e. The summed E-state index contributed by atoms with van der Waals surface area (Å²) in [5.74, 6) is 0.227. The Morgan fingerprint density at radius 1 is 1.48 bits per heavy atom. The molecule has 1 aliphatic carbocycles. The Hall–Kier alpha value is -2.12. The van der Waals surface area contributed by atoms with Crippen LogP contribution in [0.4, 0.5) is 0 Å². The van der Waals surface area contributed by atoms with E-state index in [4.69, 9.17) is 5.26 Å². The summed E-state index contributed by atoms with van der Waals surface area (Å²) in [7, 11) is 0. The quantitative estimate of drug-likeness (QED) is 0.833. The average Bonchev–Trinajstić information content (AvgIpc) is 2.51. The SMILES string of the molecule is N#Cc1cccc(C=CC(=O)NCC2CCCC(O)C2)c1. The van der Waals surface area contributed by atoms with Crippen LogP contribution >= 0.6 is 0 Å². The Balaban J connectivity index is 1.81. The molecule has 1 aromatic carbocycles. The number of rotatable bonds is 4. The van der Waals surface area contributed by atoms with E-state index in [1.54, 1.807) is 24.3 Å². The van der Waals surface area contributed by atoms with Gasteiger partial charge in [-0.1, -0.05) is 18.6 Å². The standard InChI is InChI=1S/C17H20N2O2/c18-11-14-4-1-3-13(9-14)7-8-17(21)19-12-15-5-2-6-16(20)10-15/h1,3-4,7-9,15-16,20H,2,5-6,10,12H2,(H,19,21). The molecule has 1 aromatic rings. The van der Waals surface area contributed by atoms with Crippen LogP contribution in [-0.4, -0.2) is 23.7 Å². The van der Waals surface area contributed by atoms with Crippen molar-refractivity contribution in [3.63, 3.8) is 0 Å². The van der Waals surface area contributed by atoms with Gasteiger partial charge in [-0.15, -0.1) is 0 Å². The number of nitrogens with one attached hydrogen (secondary N) is 1. The Labute approximate surface area is 125 Å². The van der Waals surface area contributed by atoms with Crippen molar-refractivity contribution in [1.82, 2.24) is 5.32 Å². The minimum atomic E-state index is -0.218. The van der Waals surface area contributed by atoms with Gasteiger partial charge in [0.15, 0.2) is 0 Å². The van der Waals surface area contributed by atoms with Gasteiger partial charge in [-0.05, 0) is 49.0 Å². The molecule has 0 saturated heterocycles. The lowest BCUT2D eigenvalue weighted by Gasteiger charge is -2.25. The van der Waals surface area contributed by atoms with Gasteiger partial charge in [0.25, 0.3) is 0 Å². The summed E-state index contributed by atoms with van der Waals surface area (Å²) in [6, 6.07) is 9.18. The highest BCUT2D eigenvalue weighted by Gasteiger charge is 2.19. The predicted molar refractivity (Wildman–Crippen MR) is 81.2 cm³/mol. The zero-order chi connectivity index (χ0) is 15.1. The van der Waals surface area contributed by atoms with Crippen LogP contribution < -0.4 is 5.32 Å². The maximum Gasteiger partial charge on any atom is 0.244 e. The molecule has 0 spiro atoms. The number of hydrogen-bond acceptors (Lipinski definition) is 3. The highest BCUT2D eigenvalue weighted by atomic mass is 16.3. The van der Waals surface area contributed by atoms with E-state index in [0.717, 1.165) is 31.2 Å². The molecule has 4 nitrogen and oxygen atoms in total. The van der Waals surface area contributed by atoms with Gasteiger partial charge in [0, 0.05) is 12.6 Å². The number of amides is 1. The highest BCUT2D eigenvalue weighted by molar-refractivity contribution is 5.91. The molecule has 21 heavy (non-hydrogen) atoms. The number of aliphatic hydroxyl groups excluding tert-OH is 1. The van der Waals surface area contributed by atoms with Gasteiger partial charge in [-0.2, -0.15) is 5.26 Å². The first-order valence-electron chi connectivity index (χ1n) is 7.31. The fourth-order valence-electron chi connectivity index (χ4n) is 2.64.